The van der Waals surface area contributed by atoms with Gasteiger partial charge >= 0.3 is 0 Å². The molecule has 3 rings (SSSR count). The number of anilines is 1. The van der Waals surface area contributed by atoms with Crippen molar-refractivity contribution < 1.29 is 9.18 Å². The summed E-state index contributed by atoms with van der Waals surface area (Å²) in [6.45, 7) is 11.3. The minimum atomic E-state index is -0.233. The molecule has 0 spiro atoms. The van der Waals surface area contributed by atoms with Crippen molar-refractivity contribution >= 4 is 11.6 Å². The lowest BCUT2D eigenvalue weighted by Crippen LogP contribution is -2.48. The number of halogens is 1. The van der Waals surface area contributed by atoms with Crippen LogP contribution in [0.3, 0.4) is 0 Å². The van der Waals surface area contributed by atoms with Crippen molar-refractivity contribution in [3.8, 4) is 0 Å². The smallest absolute Gasteiger partial charge is 0.253 e. The Morgan fingerprint density at radius 1 is 0.889 bits per heavy atom. The van der Waals surface area contributed by atoms with Crippen molar-refractivity contribution in [3.05, 3.63) is 65.5 Å². The van der Waals surface area contributed by atoms with Crippen molar-refractivity contribution in [3.63, 3.8) is 0 Å². The Labute approximate surface area is 162 Å². The van der Waals surface area contributed by atoms with E-state index in [0.717, 1.165) is 24.3 Å². The highest BCUT2D eigenvalue weighted by atomic mass is 19.1. The summed E-state index contributed by atoms with van der Waals surface area (Å²) in [4.78, 5) is 16.5. The Kier molecular flexibility index (Phi) is 10.1. The summed E-state index contributed by atoms with van der Waals surface area (Å²) < 4.78 is 13.0. The van der Waals surface area contributed by atoms with Crippen molar-refractivity contribution in [1.82, 2.24) is 4.90 Å². The van der Waals surface area contributed by atoms with Crippen LogP contribution in [0.1, 0.15) is 43.6 Å². The van der Waals surface area contributed by atoms with Gasteiger partial charge in [-0.3, -0.25) is 4.79 Å². The molecular weight excluding hydrogens is 341 g/mol. The van der Waals surface area contributed by atoms with E-state index in [1.165, 1.54) is 12.1 Å². The van der Waals surface area contributed by atoms with Gasteiger partial charge in [0.05, 0.1) is 0 Å². The quantitative estimate of drug-likeness (QED) is 0.873. The van der Waals surface area contributed by atoms with Gasteiger partial charge in [-0.15, -0.1) is 0 Å². The molecule has 0 radical (unpaired) electrons. The molecule has 2 aromatic carbocycles. The summed E-state index contributed by atoms with van der Waals surface area (Å²) in [7, 11) is 0. The highest BCUT2D eigenvalue weighted by Gasteiger charge is 2.22. The van der Waals surface area contributed by atoms with Crippen molar-refractivity contribution in [1.29, 1.82) is 0 Å². The molecule has 1 aliphatic heterocycles. The fraction of sp³-hybridized carbons (Fsp3) is 0.409. The molecule has 0 aromatic heterocycles. The first-order chi connectivity index (χ1) is 13.2. The van der Waals surface area contributed by atoms with Crippen LogP contribution in [-0.2, 0) is 6.54 Å². The number of nitrogens with zero attached hydrogens (tertiary/aromatic N) is 2. The summed E-state index contributed by atoms with van der Waals surface area (Å²) in [6.07, 6.45) is 0. The number of benzene rings is 2. The molecule has 4 nitrogen and oxygen atoms in total. The van der Waals surface area contributed by atoms with E-state index in [-0.39, 0.29) is 11.7 Å². The third kappa shape index (κ3) is 6.36. The van der Waals surface area contributed by atoms with Gasteiger partial charge in [0.15, 0.2) is 0 Å². The molecule has 148 valence electrons. The van der Waals surface area contributed by atoms with Crippen LogP contribution in [0.5, 0.6) is 0 Å². The molecule has 0 atom stereocenters. The van der Waals surface area contributed by atoms with E-state index in [4.69, 9.17) is 5.73 Å². The normalized spacial score (nSPS) is 13.1. The minimum Gasteiger partial charge on any atom is -0.368 e. The SMILES string of the molecule is CC.CC.NCc1ccc(C(=O)N2CCN(c3ccc(F)cc3)CC2)cc1. The Bertz CT molecular complexity index is 663. The van der Waals surface area contributed by atoms with E-state index in [9.17, 15) is 9.18 Å². The van der Waals surface area contributed by atoms with Crippen LogP contribution in [0, 0.1) is 5.82 Å². The van der Waals surface area contributed by atoms with Gasteiger partial charge in [-0.05, 0) is 42.0 Å². The molecule has 1 saturated heterocycles. The highest BCUT2D eigenvalue weighted by molar-refractivity contribution is 5.94. The van der Waals surface area contributed by atoms with Gasteiger partial charge in [0.25, 0.3) is 5.91 Å². The average Bonchev–Trinajstić information content (AvgIpc) is 2.77. The first kappa shape index (κ1) is 22.6. The van der Waals surface area contributed by atoms with Crippen molar-refractivity contribution in [2.24, 2.45) is 5.73 Å². The monoisotopic (exact) mass is 373 g/mol. The standard InChI is InChI=1S/C18H20FN3O.2C2H6/c19-16-5-7-17(8-6-16)21-9-11-22(12-10-21)18(23)15-3-1-14(13-20)2-4-15;2*1-2/h1-8H,9-13,20H2;2*1-2H3. The summed E-state index contributed by atoms with van der Waals surface area (Å²) in [5.74, 6) is -0.184. The number of hydrogen-bond donors (Lipinski definition) is 1. The van der Waals surface area contributed by atoms with E-state index in [2.05, 4.69) is 4.90 Å². The summed E-state index contributed by atoms with van der Waals surface area (Å²) in [5, 5.41) is 0. The summed E-state index contributed by atoms with van der Waals surface area (Å²) >= 11 is 0. The Morgan fingerprint density at radius 3 is 1.89 bits per heavy atom. The van der Waals surface area contributed by atoms with Crippen LogP contribution in [0.15, 0.2) is 48.5 Å². The van der Waals surface area contributed by atoms with Crippen LogP contribution >= 0.6 is 0 Å². The maximum atomic E-state index is 13.0. The van der Waals surface area contributed by atoms with E-state index >= 15 is 0 Å². The van der Waals surface area contributed by atoms with E-state index in [1.54, 1.807) is 12.1 Å². The molecule has 27 heavy (non-hydrogen) atoms. The molecule has 1 amide bonds. The van der Waals surface area contributed by atoms with Crippen molar-refractivity contribution in [2.45, 2.75) is 34.2 Å². The highest BCUT2D eigenvalue weighted by Crippen LogP contribution is 2.18. The number of piperazine rings is 1. The first-order valence-electron chi connectivity index (χ1n) is 9.76. The van der Waals surface area contributed by atoms with Crippen LogP contribution in [0.2, 0.25) is 0 Å². The largest absolute Gasteiger partial charge is 0.368 e. The fourth-order valence-corrected chi connectivity index (χ4v) is 2.79. The first-order valence-corrected chi connectivity index (χ1v) is 9.76. The molecule has 2 N–H and O–H groups in total. The topological polar surface area (TPSA) is 49.6 Å². The molecule has 1 fully saturated rings. The second-order valence-electron chi connectivity index (χ2n) is 5.66. The number of hydrogen-bond acceptors (Lipinski definition) is 3. The van der Waals surface area contributed by atoms with Crippen LogP contribution < -0.4 is 10.6 Å². The van der Waals surface area contributed by atoms with Crippen LogP contribution in [0.25, 0.3) is 0 Å². The van der Waals surface area contributed by atoms with Gasteiger partial charge in [-0.1, -0.05) is 39.8 Å². The molecule has 0 saturated carbocycles. The second kappa shape index (κ2) is 12.1. The fourth-order valence-electron chi connectivity index (χ4n) is 2.79. The summed E-state index contributed by atoms with van der Waals surface area (Å²) in [5.41, 5.74) is 8.27. The van der Waals surface area contributed by atoms with E-state index < -0.39 is 0 Å². The maximum Gasteiger partial charge on any atom is 0.253 e. The van der Waals surface area contributed by atoms with Crippen LogP contribution in [-0.4, -0.2) is 37.0 Å². The minimum absolute atomic E-state index is 0.0485. The van der Waals surface area contributed by atoms with E-state index in [1.807, 2.05) is 56.9 Å². The zero-order valence-corrected chi connectivity index (χ0v) is 16.9. The molecule has 2 aromatic rings. The molecular formula is C22H32FN3O. The Morgan fingerprint density at radius 2 is 1.41 bits per heavy atom. The number of rotatable bonds is 3. The van der Waals surface area contributed by atoms with Gasteiger partial charge < -0.3 is 15.5 Å². The van der Waals surface area contributed by atoms with Gasteiger partial charge in [-0.2, -0.15) is 0 Å². The Hall–Kier alpha value is -2.40. The number of amides is 1. The average molecular weight is 374 g/mol. The number of nitrogens with two attached hydrogens (primary N) is 1. The number of carbonyl (C=O) groups excluding carboxylic acids is 1. The van der Waals surface area contributed by atoms with Crippen LogP contribution in [0.4, 0.5) is 10.1 Å². The molecule has 0 unspecified atom stereocenters. The molecule has 0 aliphatic carbocycles. The van der Waals surface area contributed by atoms with Gasteiger partial charge in [-0.25, -0.2) is 4.39 Å². The predicted molar refractivity (Wildman–Crippen MR) is 112 cm³/mol. The zero-order chi connectivity index (χ0) is 20.2. The molecule has 5 heteroatoms. The second-order valence-corrected chi connectivity index (χ2v) is 5.66. The van der Waals surface area contributed by atoms with Gasteiger partial charge in [0.2, 0.25) is 0 Å². The van der Waals surface area contributed by atoms with Gasteiger partial charge in [0, 0.05) is 44.0 Å². The summed E-state index contributed by atoms with van der Waals surface area (Å²) in [6, 6.07) is 13.9. The lowest BCUT2D eigenvalue weighted by molar-refractivity contribution is 0.0747. The maximum absolute atomic E-state index is 13.0. The molecule has 1 aliphatic rings. The Balaban J connectivity index is 0.000000855. The lowest BCUT2D eigenvalue weighted by Gasteiger charge is -2.36. The molecule has 0 bridgehead atoms. The number of carbonyl (C=O) groups is 1. The third-order valence-electron chi connectivity index (χ3n) is 4.20. The molecule has 1 heterocycles. The predicted octanol–water partition coefficient (Wildman–Crippen LogP) is 4.30. The zero-order valence-electron chi connectivity index (χ0n) is 16.9. The van der Waals surface area contributed by atoms with E-state index in [0.29, 0.717) is 25.2 Å². The van der Waals surface area contributed by atoms with Crippen molar-refractivity contribution in [2.75, 3.05) is 31.1 Å². The lowest BCUT2D eigenvalue weighted by atomic mass is 10.1. The third-order valence-corrected chi connectivity index (χ3v) is 4.20. The van der Waals surface area contributed by atoms with Gasteiger partial charge in [0.1, 0.15) is 5.82 Å².